The van der Waals surface area contributed by atoms with E-state index >= 15 is 0 Å². The minimum atomic E-state index is -2.15. The molecule has 5 N–H and O–H groups in total. The predicted octanol–water partition coefficient (Wildman–Crippen LogP) is 1.99. The van der Waals surface area contributed by atoms with Crippen LogP contribution in [0.4, 0.5) is 4.79 Å². The monoisotopic (exact) mass is 834 g/mol. The number of β-lactam (4-membered cyclic amide) rings is 1. The van der Waals surface area contributed by atoms with E-state index in [9.17, 15) is 43.8 Å². The van der Waals surface area contributed by atoms with Gasteiger partial charge in [-0.3, -0.25) is 33.8 Å². The zero-order chi connectivity index (χ0) is 39.4. The maximum Gasteiger partial charge on any atom is 0.356 e. The molecule has 6 rings (SSSR count). The first-order valence-electron chi connectivity index (χ1n) is 17.0. The average Bonchev–Trinajstić information content (AvgIpc) is 3.20. The Balaban J connectivity index is 1.29. The van der Waals surface area contributed by atoms with Gasteiger partial charge in [-0.05, 0) is 41.3 Å². The molecule has 7 amide bonds. The van der Waals surface area contributed by atoms with E-state index in [1.165, 1.54) is 11.0 Å². The third-order valence-electron chi connectivity index (χ3n) is 9.34. The molecule has 3 aromatic rings. The molecule has 3 heterocycles. The summed E-state index contributed by atoms with van der Waals surface area (Å²) in [5.41, 5.74) is -0.454. The van der Waals surface area contributed by atoms with Gasteiger partial charge in [-0.15, -0.1) is 11.8 Å². The average molecular weight is 836 g/mol. The van der Waals surface area contributed by atoms with E-state index in [0.29, 0.717) is 21.6 Å². The molecule has 0 spiro atoms. The lowest BCUT2D eigenvalue weighted by atomic mass is 9.94. The molecule has 0 aliphatic carbocycles. The normalized spacial score (nSPS) is 20.0. The van der Waals surface area contributed by atoms with Gasteiger partial charge in [0.15, 0.2) is 17.6 Å². The van der Waals surface area contributed by atoms with Crippen LogP contribution in [0.15, 0.2) is 90.1 Å². The molecule has 0 saturated carbocycles. The molecule has 2 fully saturated rings. The Kier molecular flexibility index (Phi) is 11.5. The van der Waals surface area contributed by atoms with Crippen LogP contribution >= 0.6 is 27.7 Å². The minimum Gasteiger partial charge on any atom is -0.504 e. The third-order valence-corrected chi connectivity index (χ3v) is 11.4. The van der Waals surface area contributed by atoms with Gasteiger partial charge < -0.3 is 35.8 Å². The van der Waals surface area contributed by atoms with Crippen LogP contribution in [0, 0.1) is 0 Å². The molecular weight excluding hydrogens is 800 g/mol. The number of aromatic hydroxyl groups is 2. The highest BCUT2D eigenvalue weighted by atomic mass is 79.9. The number of ether oxygens (including phenoxy) is 1. The van der Waals surface area contributed by atoms with Gasteiger partial charge in [-0.2, -0.15) is 0 Å². The molecule has 16 nitrogen and oxygen atoms in total. The number of hydrogen-bond donors (Lipinski definition) is 5. The lowest BCUT2D eigenvalue weighted by Gasteiger charge is -2.56. The number of fused-ring (bicyclic) bond motifs is 1. The van der Waals surface area contributed by atoms with Gasteiger partial charge >= 0.3 is 23.8 Å². The van der Waals surface area contributed by atoms with E-state index in [4.69, 9.17) is 4.74 Å². The minimum absolute atomic E-state index is 0.0487. The second kappa shape index (κ2) is 16.2. The van der Waals surface area contributed by atoms with Crippen molar-refractivity contribution in [1.82, 2.24) is 30.7 Å². The summed E-state index contributed by atoms with van der Waals surface area (Å²) in [6.45, 7) is 1.77. The third kappa shape index (κ3) is 7.34. The fourth-order valence-corrected chi connectivity index (χ4v) is 8.65. The summed E-state index contributed by atoms with van der Waals surface area (Å²) in [7, 11) is 0. The van der Waals surface area contributed by atoms with Gasteiger partial charge in [0.1, 0.15) is 17.1 Å². The zero-order valence-electron chi connectivity index (χ0n) is 29.1. The molecule has 286 valence electrons. The topological polar surface area (TPSA) is 215 Å². The van der Waals surface area contributed by atoms with Crippen LogP contribution in [0.2, 0.25) is 0 Å². The second-order valence-electron chi connectivity index (χ2n) is 12.6. The number of likely N-dealkylation sites (N-methyl/N-ethyl adjacent to an activating group) is 1. The van der Waals surface area contributed by atoms with Gasteiger partial charge in [0, 0.05) is 30.7 Å². The summed E-state index contributed by atoms with van der Waals surface area (Å²) < 4.78 is 6.10. The van der Waals surface area contributed by atoms with E-state index in [0.717, 1.165) is 28.8 Å². The molecule has 3 atom stereocenters. The van der Waals surface area contributed by atoms with Crippen molar-refractivity contribution in [2.75, 3.05) is 30.7 Å². The van der Waals surface area contributed by atoms with Crippen LogP contribution < -0.4 is 16.0 Å². The number of alkyl halides is 1. The van der Waals surface area contributed by atoms with Crippen LogP contribution in [0.5, 0.6) is 11.5 Å². The number of benzene rings is 3. The summed E-state index contributed by atoms with van der Waals surface area (Å²) in [5.74, 6) is -5.87. The van der Waals surface area contributed by atoms with Gasteiger partial charge in [-0.25, -0.2) is 9.59 Å². The number of nitrogens with one attached hydrogen (secondary N) is 3. The number of rotatable bonds is 12. The number of thioether (sulfide) groups is 1. The molecule has 2 saturated heterocycles. The molecule has 0 aromatic heterocycles. The highest BCUT2D eigenvalue weighted by molar-refractivity contribution is 9.09. The van der Waals surface area contributed by atoms with E-state index in [1.54, 1.807) is 55.5 Å². The molecule has 3 aromatic carbocycles. The fraction of sp³-hybridized carbons (Fsp3) is 0.270. The molecule has 55 heavy (non-hydrogen) atoms. The number of hydrogen-bond acceptors (Lipinski definition) is 11. The molecular formula is C37H35BrN6O10S. The highest BCUT2D eigenvalue weighted by Crippen LogP contribution is 2.46. The number of amides is 7. The molecule has 0 bridgehead atoms. The standard InChI is InChI=1S/C37H35BrN6O10S/c1-2-42-15-16-43(32(50)31(42)49)36(53)40-27(23-13-14-25(46)26(47)17-23)30(48)41-37(39-20-45)34(52)44-28(24(18-38)19-55-35(37)44)33(51)54-29(21-9-5-3-6-10-21)22-11-7-4-8-12-22/h3-14,17,20,27,29,35,46-47H,2,15-16,18-19H2,1H3,(H,39,45)(H,40,53)(H,41,48)/t27?,35-,37+/m0/s1. The molecule has 18 heteroatoms. The van der Waals surface area contributed by atoms with Crippen LogP contribution in [-0.2, 0) is 33.5 Å². The van der Waals surface area contributed by atoms with Gasteiger partial charge in [0.05, 0.1) is 0 Å². The number of imide groups is 1. The first-order chi connectivity index (χ1) is 26.4. The largest absolute Gasteiger partial charge is 0.504 e. The Morgan fingerprint density at radius 1 is 0.945 bits per heavy atom. The van der Waals surface area contributed by atoms with Crippen molar-refractivity contribution in [3.8, 4) is 11.5 Å². The number of nitrogens with zero attached hydrogens (tertiary/aromatic N) is 3. The van der Waals surface area contributed by atoms with Crippen LogP contribution in [0.25, 0.3) is 0 Å². The Hall–Kier alpha value is -5.88. The first kappa shape index (κ1) is 38.8. The molecule has 1 unspecified atom stereocenters. The SMILES string of the molecule is CCN1CCN(C(=O)NC(C(=O)N[C@]2(NC=O)C(=O)N3C(C(=O)OC(c4ccccc4)c4ccccc4)=C(CBr)CS[C@H]32)c2ccc(O)c(O)c2)C(=O)C1=O. The maximum absolute atomic E-state index is 14.3. The maximum atomic E-state index is 14.3. The molecule has 3 aliphatic rings. The Morgan fingerprint density at radius 3 is 2.18 bits per heavy atom. The van der Waals surface area contributed by atoms with Crippen molar-refractivity contribution in [2.24, 2.45) is 0 Å². The van der Waals surface area contributed by atoms with E-state index in [2.05, 4.69) is 31.9 Å². The quantitative estimate of drug-likeness (QED) is 0.0339. The summed E-state index contributed by atoms with van der Waals surface area (Å²) in [5, 5.41) is 26.6. The predicted molar refractivity (Wildman–Crippen MR) is 200 cm³/mol. The van der Waals surface area contributed by atoms with Gasteiger partial charge in [-0.1, -0.05) is 82.7 Å². The van der Waals surface area contributed by atoms with Gasteiger partial charge in [0.2, 0.25) is 18.0 Å². The van der Waals surface area contributed by atoms with E-state index in [-0.39, 0.29) is 48.4 Å². The number of piperazine rings is 1. The molecule has 3 aliphatic heterocycles. The zero-order valence-corrected chi connectivity index (χ0v) is 31.5. The van der Waals surface area contributed by atoms with Crippen molar-refractivity contribution in [1.29, 1.82) is 0 Å². The summed E-state index contributed by atoms with van der Waals surface area (Å²) in [6.07, 6.45) is -0.644. The Morgan fingerprint density at radius 2 is 1.60 bits per heavy atom. The van der Waals surface area contributed by atoms with E-state index < -0.39 is 70.3 Å². The number of phenols is 2. The van der Waals surface area contributed by atoms with Crippen molar-refractivity contribution in [3.05, 3.63) is 107 Å². The van der Waals surface area contributed by atoms with Crippen LogP contribution in [0.3, 0.4) is 0 Å². The number of phenolic OH excluding ortho intramolecular Hbond substituents is 2. The highest BCUT2D eigenvalue weighted by Gasteiger charge is 2.66. The second-order valence-corrected chi connectivity index (χ2v) is 14.2. The number of carbonyl (C=O) groups is 7. The van der Waals surface area contributed by atoms with Crippen molar-refractivity contribution in [3.63, 3.8) is 0 Å². The van der Waals surface area contributed by atoms with Crippen molar-refractivity contribution >= 4 is 69.7 Å². The first-order valence-corrected chi connectivity index (χ1v) is 19.1. The summed E-state index contributed by atoms with van der Waals surface area (Å²) >= 11 is 4.55. The Bertz CT molecular complexity index is 2030. The molecule has 0 radical (unpaired) electrons. The van der Waals surface area contributed by atoms with Crippen LogP contribution in [0.1, 0.15) is 35.8 Å². The lowest BCUT2D eigenvalue weighted by molar-refractivity contribution is -0.164. The number of urea groups is 1. The number of halogens is 1. The smallest absolute Gasteiger partial charge is 0.356 e. The number of esters is 1. The Labute approximate surface area is 327 Å². The fourth-order valence-electron chi connectivity index (χ4n) is 6.49. The van der Waals surface area contributed by atoms with Gasteiger partial charge in [0.25, 0.3) is 5.91 Å². The lowest BCUT2D eigenvalue weighted by Crippen LogP contribution is -2.85. The van der Waals surface area contributed by atoms with Crippen molar-refractivity contribution < 1.29 is 48.5 Å². The van der Waals surface area contributed by atoms with Crippen molar-refractivity contribution in [2.45, 2.75) is 30.1 Å². The summed E-state index contributed by atoms with van der Waals surface area (Å²) in [6, 6.07) is 18.4. The van der Waals surface area contributed by atoms with E-state index in [1.807, 2.05) is 12.1 Å². The summed E-state index contributed by atoms with van der Waals surface area (Å²) in [4.78, 5) is 96.5. The van der Waals surface area contributed by atoms with Crippen LogP contribution in [-0.4, -0.2) is 109 Å². The number of carbonyl (C=O) groups excluding carboxylic acids is 7.